The Hall–Kier alpha value is -2.36. The van der Waals surface area contributed by atoms with Gasteiger partial charge in [0, 0.05) is 24.0 Å². The number of aromatic nitrogens is 1. The van der Waals surface area contributed by atoms with Crippen molar-refractivity contribution in [2.45, 2.75) is 33.6 Å². The number of rotatable bonds is 4. The lowest BCUT2D eigenvalue weighted by Gasteiger charge is -2.07. The third kappa shape index (κ3) is 6.96. The number of anilines is 1. The van der Waals surface area contributed by atoms with Crippen molar-refractivity contribution in [2.75, 3.05) is 12.4 Å². The van der Waals surface area contributed by atoms with E-state index in [0.29, 0.717) is 5.92 Å². The molecule has 1 heterocycles. The average molecular weight is 314 g/mol. The van der Waals surface area contributed by atoms with Crippen LogP contribution in [0.25, 0.3) is 0 Å². The number of ether oxygens (including phenoxy) is 1. The molecule has 124 valence electrons. The molecule has 0 unspecified atom stereocenters. The molecule has 2 aromatic rings. The zero-order valence-electron chi connectivity index (χ0n) is 14.5. The fraction of sp³-hybridized carbons (Fsp3) is 0.368. The predicted octanol–water partition coefficient (Wildman–Crippen LogP) is 4.49. The third-order valence-electron chi connectivity index (χ3n) is 3.25. The van der Waals surface area contributed by atoms with E-state index in [9.17, 15) is 4.79 Å². The van der Waals surface area contributed by atoms with Gasteiger partial charge < -0.3 is 10.1 Å². The van der Waals surface area contributed by atoms with Crippen LogP contribution < -0.4 is 10.1 Å². The molecule has 0 saturated carbocycles. The SMILES string of the molecule is CC(C)c1ccncc1.COc1ccc(NC(=O)C(C)C)cc1. The van der Waals surface area contributed by atoms with Crippen molar-refractivity contribution in [3.8, 4) is 5.75 Å². The smallest absolute Gasteiger partial charge is 0.226 e. The van der Waals surface area contributed by atoms with Crippen molar-refractivity contribution in [2.24, 2.45) is 5.92 Å². The maximum Gasteiger partial charge on any atom is 0.226 e. The van der Waals surface area contributed by atoms with E-state index in [0.717, 1.165) is 11.4 Å². The fourth-order valence-electron chi connectivity index (χ4n) is 1.71. The Balaban J connectivity index is 0.000000253. The van der Waals surface area contributed by atoms with Gasteiger partial charge in [0.1, 0.15) is 5.75 Å². The topological polar surface area (TPSA) is 51.2 Å². The second-order valence-corrected chi connectivity index (χ2v) is 5.81. The number of carbonyl (C=O) groups is 1. The second kappa shape index (κ2) is 9.62. The predicted molar refractivity (Wildman–Crippen MR) is 94.8 cm³/mol. The summed E-state index contributed by atoms with van der Waals surface area (Å²) in [4.78, 5) is 15.3. The van der Waals surface area contributed by atoms with E-state index >= 15 is 0 Å². The largest absolute Gasteiger partial charge is 0.497 e. The van der Waals surface area contributed by atoms with Gasteiger partial charge >= 0.3 is 0 Å². The Labute approximate surface area is 138 Å². The van der Waals surface area contributed by atoms with Crippen molar-refractivity contribution in [1.29, 1.82) is 0 Å². The maximum atomic E-state index is 11.3. The molecule has 0 aliphatic heterocycles. The van der Waals surface area contributed by atoms with Gasteiger partial charge in [-0.25, -0.2) is 0 Å². The van der Waals surface area contributed by atoms with Crippen LogP contribution in [-0.4, -0.2) is 18.0 Å². The highest BCUT2D eigenvalue weighted by atomic mass is 16.5. The van der Waals surface area contributed by atoms with Crippen LogP contribution in [0, 0.1) is 5.92 Å². The zero-order chi connectivity index (χ0) is 17.2. The molecule has 0 atom stereocenters. The van der Waals surface area contributed by atoms with Gasteiger partial charge in [0.2, 0.25) is 5.91 Å². The molecular weight excluding hydrogens is 288 g/mol. The van der Waals surface area contributed by atoms with Crippen molar-refractivity contribution < 1.29 is 9.53 Å². The summed E-state index contributed by atoms with van der Waals surface area (Å²) in [6.45, 7) is 8.07. The lowest BCUT2D eigenvalue weighted by Crippen LogP contribution is -2.17. The summed E-state index contributed by atoms with van der Waals surface area (Å²) in [5, 5.41) is 2.80. The lowest BCUT2D eigenvalue weighted by atomic mass is 10.1. The zero-order valence-corrected chi connectivity index (χ0v) is 14.5. The molecule has 1 aromatic carbocycles. The van der Waals surface area contributed by atoms with Gasteiger partial charge in [-0.15, -0.1) is 0 Å². The summed E-state index contributed by atoms with van der Waals surface area (Å²) in [5.74, 6) is 1.42. The number of benzene rings is 1. The number of hydrogen-bond acceptors (Lipinski definition) is 3. The van der Waals surface area contributed by atoms with Crippen molar-refractivity contribution in [3.63, 3.8) is 0 Å². The molecule has 1 aromatic heterocycles. The van der Waals surface area contributed by atoms with Crippen molar-refractivity contribution in [1.82, 2.24) is 4.98 Å². The first-order valence-corrected chi connectivity index (χ1v) is 7.79. The van der Waals surface area contributed by atoms with Crippen LogP contribution in [-0.2, 0) is 4.79 Å². The number of methoxy groups -OCH3 is 1. The summed E-state index contributed by atoms with van der Waals surface area (Å²) in [5.41, 5.74) is 2.15. The molecule has 1 amide bonds. The quantitative estimate of drug-likeness (QED) is 0.904. The molecule has 4 heteroatoms. The van der Waals surface area contributed by atoms with Gasteiger partial charge in [-0.3, -0.25) is 9.78 Å². The first-order valence-electron chi connectivity index (χ1n) is 7.79. The van der Waals surface area contributed by atoms with E-state index in [4.69, 9.17) is 4.74 Å². The van der Waals surface area contributed by atoms with Gasteiger partial charge in [-0.2, -0.15) is 0 Å². The van der Waals surface area contributed by atoms with E-state index in [1.54, 1.807) is 7.11 Å². The highest BCUT2D eigenvalue weighted by Gasteiger charge is 2.06. The summed E-state index contributed by atoms with van der Waals surface area (Å²) >= 11 is 0. The highest BCUT2D eigenvalue weighted by Crippen LogP contribution is 2.15. The van der Waals surface area contributed by atoms with Crippen LogP contribution in [0.3, 0.4) is 0 Å². The fourth-order valence-corrected chi connectivity index (χ4v) is 1.71. The summed E-state index contributed by atoms with van der Waals surface area (Å²) in [7, 11) is 1.61. The standard InChI is InChI=1S/C11H15NO2.C8H11N/c1-8(2)11(13)12-9-4-6-10(14-3)7-5-9;1-7(2)8-3-5-9-6-4-8/h4-8H,1-3H3,(H,12,13);3-7H,1-2H3. The molecule has 0 fully saturated rings. The Morgan fingerprint density at radius 1 is 1.00 bits per heavy atom. The van der Waals surface area contributed by atoms with Crippen molar-refractivity contribution >= 4 is 11.6 Å². The first kappa shape index (κ1) is 18.7. The molecular formula is C19H26N2O2. The summed E-state index contributed by atoms with van der Waals surface area (Å²) in [6, 6.07) is 11.4. The Morgan fingerprint density at radius 2 is 1.57 bits per heavy atom. The van der Waals surface area contributed by atoms with E-state index in [1.165, 1.54) is 5.56 Å². The highest BCUT2D eigenvalue weighted by molar-refractivity contribution is 5.92. The number of nitrogens with zero attached hydrogens (tertiary/aromatic N) is 1. The second-order valence-electron chi connectivity index (χ2n) is 5.81. The van der Waals surface area contributed by atoms with E-state index < -0.39 is 0 Å². The van der Waals surface area contributed by atoms with Crippen LogP contribution in [0.4, 0.5) is 5.69 Å². The van der Waals surface area contributed by atoms with Gasteiger partial charge in [0.25, 0.3) is 0 Å². The third-order valence-corrected chi connectivity index (χ3v) is 3.25. The average Bonchev–Trinajstić information content (AvgIpc) is 2.57. The minimum absolute atomic E-state index is 0.00268. The minimum Gasteiger partial charge on any atom is -0.497 e. The minimum atomic E-state index is -0.00268. The molecule has 0 radical (unpaired) electrons. The number of hydrogen-bond donors (Lipinski definition) is 1. The van der Waals surface area contributed by atoms with Crippen molar-refractivity contribution in [3.05, 3.63) is 54.4 Å². The molecule has 0 saturated heterocycles. The van der Waals surface area contributed by atoms with Gasteiger partial charge in [0.15, 0.2) is 0 Å². The number of nitrogens with one attached hydrogen (secondary N) is 1. The van der Waals surface area contributed by atoms with Crippen LogP contribution in [0.15, 0.2) is 48.8 Å². The van der Waals surface area contributed by atoms with Crippen LogP contribution in [0.1, 0.15) is 39.2 Å². The van der Waals surface area contributed by atoms with Gasteiger partial charge in [-0.05, 0) is 47.9 Å². The van der Waals surface area contributed by atoms with Crippen LogP contribution >= 0.6 is 0 Å². The van der Waals surface area contributed by atoms with E-state index in [1.807, 2.05) is 62.6 Å². The molecule has 1 N–H and O–H groups in total. The first-order chi connectivity index (χ1) is 10.9. The van der Waals surface area contributed by atoms with Gasteiger partial charge in [-0.1, -0.05) is 27.7 Å². The Bertz CT molecular complexity index is 578. The molecule has 0 aliphatic carbocycles. The molecule has 0 bridgehead atoms. The molecule has 0 aliphatic rings. The summed E-state index contributed by atoms with van der Waals surface area (Å²) < 4.78 is 5.01. The van der Waals surface area contributed by atoms with Crippen LogP contribution in [0.5, 0.6) is 5.75 Å². The number of carbonyl (C=O) groups excluding carboxylic acids is 1. The molecule has 2 rings (SSSR count). The van der Waals surface area contributed by atoms with Gasteiger partial charge in [0.05, 0.1) is 7.11 Å². The Kier molecular flexibility index (Phi) is 7.81. The lowest BCUT2D eigenvalue weighted by molar-refractivity contribution is -0.118. The number of pyridine rings is 1. The molecule has 4 nitrogen and oxygen atoms in total. The van der Waals surface area contributed by atoms with E-state index in [2.05, 4.69) is 24.1 Å². The monoisotopic (exact) mass is 314 g/mol. The summed E-state index contributed by atoms with van der Waals surface area (Å²) in [6.07, 6.45) is 3.66. The molecule has 23 heavy (non-hydrogen) atoms. The Morgan fingerprint density at radius 3 is 1.96 bits per heavy atom. The molecule has 0 spiro atoms. The van der Waals surface area contributed by atoms with E-state index in [-0.39, 0.29) is 11.8 Å². The maximum absolute atomic E-state index is 11.3. The number of amides is 1. The van der Waals surface area contributed by atoms with Crippen LogP contribution in [0.2, 0.25) is 0 Å². The normalized spacial score (nSPS) is 10.0.